The molecule has 0 amide bonds. The number of nitrogens with zero attached hydrogens (tertiary/aromatic N) is 5. The number of aromatic nitrogens is 5. The lowest BCUT2D eigenvalue weighted by Gasteiger charge is -1.96. The minimum atomic E-state index is 0.733. The number of rotatable bonds is 4. The highest BCUT2D eigenvalue weighted by molar-refractivity contribution is 7.16. The standard InChI is InChI=1S/C11H12N6S/c1-2-12-7-9-16-17-10(14-15-11(17)18-9)8-4-3-5-13-6-8/h3-6,12H,2,7H2,1H3. The Morgan fingerprint density at radius 2 is 2.33 bits per heavy atom. The van der Waals surface area contributed by atoms with Gasteiger partial charge in [0.15, 0.2) is 5.82 Å². The van der Waals surface area contributed by atoms with Crippen molar-refractivity contribution in [3.63, 3.8) is 0 Å². The number of hydrogen-bond donors (Lipinski definition) is 1. The van der Waals surface area contributed by atoms with Gasteiger partial charge in [0.05, 0.1) is 0 Å². The largest absolute Gasteiger partial charge is 0.311 e. The number of hydrogen-bond acceptors (Lipinski definition) is 6. The van der Waals surface area contributed by atoms with Gasteiger partial charge < -0.3 is 5.32 Å². The molecule has 0 atom stereocenters. The lowest BCUT2D eigenvalue weighted by Crippen LogP contribution is -2.11. The average molecular weight is 260 g/mol. The zero-order valence-corrected chi connectivity index (χ0v) is 10.7. The predicted octanol–water partition coefficient (Wildman–Crippen LogP) is 1.36. The van der Waals surface area contributed by atoms with Crippen molar-refractivity contribution in [1.29, 1.82) is 0 Å². The highest BCUT2D eigenvalue weighted by Gasteiger charge is 2.12. The van der Waals surface area contributed by atoms with Crippen molar-refractivity contribution in [2.45, 2.75) is 13.5 Å². The molecule has 92 valence electrons. The second-order valence-electron chi connectivity index (χ2n) is 3.74. The number of fused-ring (bicyclic) bond motifs is 1. The number of pyridine rings is 1. The topological polar surface area (TPSA) is 68.0 Å². The van der Waals surface area contributed by atoms with E-state index in [-0.39, 0.29) is 0 Å². The molecule has 0 aliphatic carbocycles. The molecular formula is C11H12N6S. The Morgan fingerprint density at radius 1 is 1.39 bits per heavy atom. The Hall–Kier alpha value is -1.86. The summed E-state index contributed by atoms with van der Waals surface area (Å²) in [6, 6.07) is 3.83. The van der Waals surface area contributed by atoms with Crippen LogP contribution in [0.4, 0.5) is 0 Å². The molecule has 0 radical (unpaired) electrons. The van der Waals surface area contributed by atoms with E-state index in [9.17, 15) is 0 Å². The lowest BCUT2D eigenvalue weighted by atomic mass is 10.3. The van der Waals surface area contributed by atoms with Crippen molar-refractivity contribution in [1.82, 2.24) is 30.1 Å². The van der Waals surface area contributed by atoms with Gasteiger partial charge in [0, 0.05) is 24.5 Å². The fourth-order valence-electron chi connectivity index (χ4n) is 1.63. The third-order valence-electron chi connectivity index (χ3n) is 2.48. The van der Waals surface area contributed by atoms with E-state index < -0.39 is 0 Å². The van der Waals surface area contributed by atoms with Crippen LogP contribution < -0.4 is 5.32 Å². The second-order valence-corrected chi connectivity index (χ2v) is 4.78. The summed E-state index contributed by atoms with van der Waals surface area (Å²) in [5, 5.41) is 17.0. The molecule has 0 aliphatic heterocycles. The van der Waals surface area contributed by atoms with Crippen molar-refractivity contribution in [2.24, 2.45) is 0 Å². The SMILES string of the molecule is CCNCc1nn2c(-c3cccnc3)nnc2s1. The highest BCUT2D eigenvalue weighted by atomic mass is 32.1. The minimum absolute atomic E-state index is 0.733. The molecule has 0 saturated carbocycles. The summed E-state index contributed by atoms with van der Waals surface area (Å²) >= 11 is 1.55. The van der Waals surface area contributed by atoms with Gasteiger partial charge in [-0.05, 0) is 18.7 Å². The monoisotopic (exact) mass is 260 g/mol. The number of nitrogens with one attached hydrogen (secondary N) is 1. The van der Waals surface area contributed by atoms with Crippen molar-refractivity contribution in [2.75, 3.05) is 6.54 Å². The summed E-state index contributed by atoms with van der Waals surface area (Å²) in [6.45, 7) is 3.76. The quantitative estimate of drug-likeness (QED) is 0.767. The Morgan fingerprint density at radius 3 is 3.11 bits per heavy atom. The smallest absolute Gasteiger partial charge is 0.235 e. The molecule has 0 saturated heterocycles. The van der Waals surface area contributed by atoms with E-state index in [0.717, 1.165) is 34.4 Å². The Balaban J connectivity index is 2.01. The molecule has 1 N–H and O–H groups in total. The van der Waals surface area contributed by atoms with Crippen molar-refractivity contribution in [3.8, 4) is 11.4 Å². The van der Waals surface area contributed by atoms with Gasteiger partial charge in [-0.3, -0.25) is 4.98 Å². The summed E-state index contributed by atoms with van der Waals surface area (Å²) in [5.41, 5.74) is 0.922. The van der Waals surface area contributed by atoms with Crippen LogP contribution >= 0.6 is 11.3 Å². The van der Waals surface area contributed by atoms with E-state index in [4.69, 9.17) is 0 Å². The molecule has 0 aliphatic rings. The van der Waals surface area contributed by atoms with Crippen LogP contribution in [0.25, 0.3) is 16.3 Å². The Bertz CT molecular complexity index is 644. The summed E-state index contributed by atoms with van der Waals surface area (Å²) in [4.78, 5) is 4.89. The van der Waals surface area contributed by atoms with Crippen molar-refractivity contribution >= 4 is 16.3 Å². The minimum Gasteiger partial charge on any atom is -0.311 e. The van der Waals surface area contributed by atoms with Gasteiger partial charge in [0.2, 0.25) is 4.96 Å². The summed E-state index contributed by atoms with van der Waals surface area (Å²) in [5.74, 6) is 0.733. The zero-order chi connectivity index (χ0) is 12.4. The van der Waals surface area contributed by atoms with Crippen molar-refractivity contribution < 1.29 is 0 Å². The fourth-order valence-corrected chi connectivity index (χ4v) is 2.44. The van der Waals surface area contributed by atoms with Crippen LogP contribution in [0.5, 0.6) is 0 Å². The van der Waals surface area contributed by atoms with Crippen LogP contribution in [0.15, 0.2) is 24.5 Å². The maximum absolute atomic E-state index is 4.51. The van der Waals surface area contributed by atoms with Gasteiger partial charge in [-0.1, -0.05) is 18.3 Å². The first-order chi connectivity index (χ1) is 8.88. The van der Waals surface area contributed by atoms with E-state index in [1.807, 2.05) is 12.1 Å². The molecule has 3 heterocycles. The fraction of sp³-hybridized carbons (Fsp3) is 0.273. The average Bonchev–Trinajstić information content (AvgIpc) is 2.96. The van der Waals surface area contributed by atoms with Crippen LogP contribution in [0.2, 0.25) is 0 Å². The zero-order valence-electron chi connectivity index (χ0n) is 9.87. The molecule has 0 unspecified atom stereocenters. The van der Waals surface area contributed by atoms with Crippen LogP contribution in [0, 0.1) is 0 Å². The van der Waals surface area contributed by atoms with Gasteiger partial charge in [0.1, 0.15) is 5.01 Å². The molecule has 0 spiro atoms. The molecule has 0 fully saturated rings. The third-order valence-corrected chi connectivity index (χ3v) is 3.38. The second kappa shape index (κ2) is 4.79. The predicted molar refractivity (Wildman–Crippen MR) is 69.3 cm³/mol. The Labute approximate surface area is 108 Å². The Kier molecular flexibility index (Phi) is 2.99. The van der Waals surface area contributed by atoms with E-state index in [1.54, 1.807) is 28.2 Å². The first-order valence-corrected chi connectivity index (χ1v) is 6.52. The van der Waals surface area contributed by atoms with Gasteiger partial charge in [-0.2, -0.15) is 9.61 Å². The van der Waals surface area contributed by atoms with Gasteiger partial charge in [-0.25, -0.2) is 0 Å². The van der Waals surface area contributed by atoms with Crippen LogP contribution in [0.3, 0.4) is 0 Å². The van der Waals surface area contributed by atoms with Crippen molar-refractivity contribution in [3.05, 3.63) is 29.5 Å². The highest BCUT2D eigenvalue weighted by Crippen LogP contribution is 2.20. The first-order valence-electron chi connectivity index (χ1n) is 5.70. The van der Waals surface area contributed by atoms with Gasteiger partial charge in [0.25, 0.3) is 0 Å². The van der Waals surface area contributed by atoms with Gasteiger partial charge in [-0.15, -0.1) is 10.2 Å². The molecule has 3 aromatic rings. The van der Waals surface area contributed by atoms with E-state index >= 15 is 0 Å². The maximum atomic E-state index is 4.51. The molecule has 18 heavy (non-hydrogen) atoms. The van der Waals surface area contributed by atoms with Crippen LogP contribution in [0.1, 0.15) is 11.9 Å². The van der Waals surface area contributed by atoms with E-state index in [2.05, 4.69) is 32.5 Å². The molecule has 0 aromatic carbocycles. The normalized spacial score (nSPS) is 11.2. The first kappa shape index (κ1) is 11.2. The summed E-state index contributed by atoms with van der Waals surface area (Å²) in [7, 11) is 0. The van der Waals surface area contributed by atoms with E-state index in [1.165, 1.54) is 0 Å². The van der Waals surface area contributed by atoms with Crippen LogP contribution in [-0.2, 0) is 6.54 Å². The third kappa shape index (κ3) is 1.98. The molecule has 3 aromatic heterocycles. The van der Waals surface area contributed by atoms with Gasteiger partial charge >= 0.3 is 0 Å². The summed E-state index contributed by atoms with van der Waals surface area (Å²) < 4.78 is 1.77. The van der Waals surface area contributed by atoms with Crippen LogP contribution in [-0.4, -0.2) is 31.3 Å². The molecule has 6 nitrogen and oxygen atoms in total. The molecular weight excluding hydrogens is 248 g/mol. The molecule has 3 rings (SSSR count). The maximum Gasteiger partial charge on any atom is 0.235 e. The molecule has 0 bridgehead atoms. The molecule has 7 heteroatoms. The van der Waals surface area contributed by atoms with E-state index in [0.29, 0.717) is 0 Å². The summed E-state index contributed by atoms with van der Waals surface area (Å²) in [6.07, 6.45) is 3.50. The lowest BCUT2D eigenvalue weighted by molar-refractivity contribution is 0.709.